The lowest BCUT2D eigenvalue weighted by Gasteiger charge is -2.14. The van der Waals surface area contributed by atoms with Gasteiger partial charge in [0.2, 0.25) is 5.88 Å². The molecular weight excluding hydrogens is 233 g/mol. The molecule has 94 valence electrons. The standard InChI is InChI=1S/C13H14FN3O/c1-8-5-9(7-10(14)6-8)11(15)12-13(18-2)17-4-3-16-12/h3-7,11H,15H2,1-2H3. The van der Waals surface area contributed by atoms with Crippen molar-refractivity contribution in [1.82, 2.24) is 9.97 Å². The Morgan fingerprint density at radius 2 is 1.94 bits per heavy atom. The van der Waals surface area contributed by atoms with Gasteiger partial charge in [-0.1, -0.05) is 6.07 Å². The molecule has 0 fully saturated rings. The van der Waals surface area contributed by atoms with Gasteiger partial charge in [-0.3, -0.25) is 4.98 Å². The Morgan fingerprint density at radius 3 is 2.61 bits per heavy atom. The molecule has 0 aliphatic heterocycles. The number of aryl methyl sites for hydroxylation is 1. The van der Waals surface area contributed by atoms with E-state index in [-0.39, 0.29) is 5.82 Å². The molecule has 2 N–H and O–H groups in total. The molecule has 0 aliphatic carbocycles. The minimum Gasteiger partial charge on any atom is -0.480 e. The fourth-order valence-electron chi connectivity index (χ4n) is 1.81. The number of methoxy groups -OCH3 is 1. The van der Waals surface area contributed by atoms with Gasteiger partial charge in [-0.25, -0.2) is 9.37 Å². The van der Waals surface area contributed by atoms with Crippen molar-refractivity contribution in [3.8, 4) is 5.88 Å². The summed E-state index contributed by atoms with van der Waals surface area (Å²) in [5.74, 6) is 0.0372. The molecule has 0 saturated heterocycles. The number of halogens is 1. The fraction of sp³-hybridized carbons (Fsp3) is 0.231. The average Bonchev–Trinajstić information content (AvgIpc) is 2.36. The molecule has 0 radical (unpaired) electrons. The van der Waals surface area contributed by atoms with Crippen LogP contribution < -0.4 is 10.5 Å². The Kier molecular flexibility index (Phi) is 3.53. The van der Waals surface area contributed by atoms with Crippen molar-refractivity contribution >= 4 is 0 Å². The summed E-state index contributed by atoms with van der Waals surface area (Å²) in [5.41, 5.74) is 8.03. The second-order valence-electron chi connectivity index (χ2n) is 3.99. The minimum atomic E-state index is -0.567. The van der Waals surface area contributed by atoms with Gasteiger partial charge in [0.05, 0.1) is 13.2 Å². The summed E-state index contributed by atoms with van der Waals surface area (Å²) in [6, 6.07) is 4.10. The van der Waals surface area contributed by atoms with Gasteiger partial charge >= 0.3 is 0 Å². The predicted octanol–water partition coefficient (Wildman–Crippen LogP) is 1.98. The van der Waals surface area contributed by atoms with Crippen molar-refractivity contribution in [1.29, 1.82) is 0 Å². The van der Waals surface area contributed by atoms with Crippen molar-refractivity contribution in [3.05, 3.63) is 53.2 Å². The number of nitrogens with two attached hydrogens (primary N) is 1. The van der Waals surface area contributed by atoms with E-state index >= 15 is 0 Å². The first-order valence-corrected chi connectivity index (χ1v) is 5.49. The lowest BCUT2D eigenvalue weighted by Crippen LogP contribution is -2.15. The van der Waals surface area contributed by atoms with Crippen LogP contribution in [0.1, 0.15) is 22.9 Å². The number of aromatic nitrogens is 2. The van der Waals surface area contributed by atoms with E-state index in [1.165, 1.54) is 31.6 Å². The summed E-state index contributed by atoms with van der Waals surface area (Å²) in [4.78, 5) is 8.18. The monoisotopic (exact) mass is 247 g/mol. The molecule has 0 bridgehead atoms. The van der Waals surface area contributed by atoms with Crippen molar-refractivity contribution in [3.63, 3.8) is 0 Å². The maximum atomic E-state index is 13.4. The number of benzene rings is 1. The third-order valence-electron chi connectivity index (χ3n) is 2.60. The average molecular weight is 247 g/mol. The molecule has 1 aromatic heterocycles. The number of rotatable bonds is 3. The zero-order valence-electron chi connectivity index (χ0n) is 10.2. The van der Waals surface area contributed by atoms with Crippen LogP contribution in [0.2, 0.25) is 0 Å². The Hall–Kier alpha value is -2.01. The molecule has 0 saturated carbocycles. The summed E-state index contributed by atoms with van der Waals surface area (Å²) in [6.45, 7) is 1.81. The summed E-state index contributed by atoms with van der Waals surface area (Å²) >= 11 is 0. The van der Waals surface area contributed by atoms with Crippen LogP contribution in [-0.2, 0) is 0 Å². The SMILES string of the molecule is COc1nccnc1C(N)c1cc(C)cc(F)c1. The first kappa shape index (κ1) is 12.4. The van der Waals surface area contributed by atoms with Crippen LogP contribution in [0.4, 0.5) is 4.39 Å². The van der Waals surface area contributed by atoms with Crippen LogP contribution in [0, 0.1) is 12.7 Å². The summed E-state index contributed by atoms with van der Waals surface area (Å²) in [5, 5.41) is 0. The zero-order valence-corrected chi connectivity index (χ0v) is 10.2. The number of nitrogens with zero attached hydrogens (tertiary/aromatic N) is 2. The quantitative estimate of drug-likeness (QED) is 0.900. The first-order valence-electron chi connectivity index (χ1n) is 5.49. The third kappa shape index (κ3) is 2.46. The molecule has 0 aliphatic rings. The van der Waals surface area contributed by atoms with Crippen LogP contribution in [-0.4, -0.2) is 17.1 Å². The van der Waals surface area contributed by atoms with Gasteiger partial charge in [0, 0.05) is 12.4 Å². The van der Waals surface area contributed by atoms with Crippen molar-refractivity contribution < 1.29 is 9.13 Å². The van der Waals surface area contributed by atoms with E-state index in [2.05, 4.69) is 9.97 Å². The Balaban J connectivity index is 2.44. The number of hydrogen-bond donors (Lipinski definition) is 1. The van der Waals surface area contributed by atoms with Gasteiger partial charge in [0.1, 0.15) is 11.5 Å². The summed E-state index contributed by atoms with van der Waals surface area (Å²) in [6.07, 6.45) is 3.05. The van der Waals surface area contributed by atoms with Crippen LogP contribution in [0.15, 0.2) is 30.6 Å². The van der Waals surface area contributed by atoms with E-state index in [1.807, 2.05) is 13.0 Å². The van der Waals surface area contributed by atoms with Gasteiger partial charge in [-0.2, -0.15) is 0 Å². The second kappa shape index (κ2) is 5.10. The van der Waals surface area contributed by atoms with E-state index in [0.717, 1.165) is 5.56 Å². The molecule has 1 unspecified atom stereocenters. The summed E-state index contributed by atoms with van der Waals surface area (Å²) in [7, 11) is 1.50. The molecule has 0 amide bonds. The molecule has 4 nitrogen and oxygen atoms in total. The van der Waals surface area contributed by atoms with Gasteiger partial charge in [0.25, 0.3) is 0 Å². The lowest BCUT2D eigenvalue weighted by molar-refractivity contribution is 0.387. The molecule has 2 aromatic rings. The minimum absolute atomic E-state index is 0.316. The maximum absolute atomic E-state index is 13.4. The molecular formula is C13H14FN3O. The van der Waals surface area contributed by atoms with E-state index in [0.29, 0.717) is 17.1 Å². The third-order valence-corrected chi connectivity index (χ3v) is 2.60. The summed E-state index contributed by atoms with van der Waals surface area (Å²) < 4.78 is 18.5. The van der Waals surface area contributed by atoms with Crippen LogP contribution >= 0.6 is 0 Å². The van der Waals surface area contributed by atoms with Crippen molar-refractivity contribution in [2.45, 2.75) is 13.0 Å². The smallest absolute Gasteiger partial charge is 0.237 e. The highest BCUT2D eigenvalue weighted by Crippen LogP contribution is 2.25. The molecule has 2 rings (SSSR count). The maximum Gasteiger partial charge on any atom is 0.237 e. The van der Waals surface area contributed by atoms with Gasteiger partial charge in [-0.05, 0) is 30.2 Å². The first-order chi connectivity index (χ1) is 8.61. The molecule has 1 atom stereocenters. The highest BCUT2D eigenvalue weighted by atomic mass is 19.1. The van der Waals surface area contributed by atoms with Gasteiger partial charge in [-0.15, -0.1) is 0 Å². The molecule has 1 heterocycles. The van der Waals surface area contributed by atoms with Crippen LogP contribution in [0.5, 0.6) is 5.88 Å². The Morgan fingerprint density at radius 1 is 1.22 bits per heavy atom. The van der Waals surface area contributed by atoms with Crippen LogP contribution in [0.3, 0.4) is 0 Å². The molecule has 18 heavy (non-hydrogen) atoms. The lowest BCUT2D eigenvalue weighted by atomic mass is 10.0. The van der Waals surface area contributed by atoms with Gasteiger partial charge in [0.15, 0.2) is 0 Å². The normalized spacial score (nSPS) is 12.2. The van der Waals surface area contributed by atoms with Crippen LogP contribution in [0.25, 0.3) is 0 Å². The second-order valence-corrected chi connectivity index (χ2v) is 3.99. The van der Waals surface area contributed by atoms with E-state index in [4.69, 9.17) is 10.5 Å². The number of hydrogen-bond acceptors (Lipinski definition) is 4. The Labute approximate surface area is 105 Å². The van der Waals surface area contributed by atoms with Crippen molar-refractivity contribution in [2.75, 3.05) is 7.11 Å². The fourth-order valence-corrected chi connectivity index (χ4v) is 1.81. The van der Waals surface area contributed by atoms with Crippen molar-refractivity contribution in [2.24, 2.45) is 5.73 Å². The largest absolute Gasteiger partial charge is 0.480 e. The van der Waals surface area contributed by atoms with E-state index in [1.54, 1.807) is 0 Å². The molecule has 5 heteroatoms. The molecule has 0 spiro atoms. The zero-order chi connectivity index (χ0) is 13.1. The highest BCUT2D eigenvalue weighted by molar-refractivity contribution is 5.34. The highest BCUT2D eigenvalue weighted by Gasteiger charge is 2.17. The predicted molar refractivity (Wildman–Crippen MR) is 65.8 cm³/mol. The van der Waals surface area contributed by atoms with Gasteiger partial charge < -0.3 is 10.5 Å². The topological polar surface area (TPSA) is 61.0 Å². The number of ether oxygens (including phenoxy) is 1. The Bertz CT molecular complexity index is 539. The van der Waals surface area contributed by atoms with E-state index < -0.39 is 6.04 Å². The van der Waals surface area contributed by atoms with E-state index in [9.17, 15) is 4.39 Å². The molecule has 1 aromatic carbocycles.